The molecule has 0 unspecified atom stereocenters. The fraction of sp³-hybridized carbons (Fsp3) is 0.0476. The van der Waals surface area contributed by atoms with Gasteiger partial charge < -0.3 is 5.11 Å². The van der Waals surface area contributed by atoms with Crippen molar-refractivity contribution in [3.8, 4) is 0 Å². The van der Waals surface area contributed by atoms with E-state index in [0.29, 0.717) is 5.69 Å². The summed E-state index contributed by atoms with van der Waals surface area (Å²) in [7, 11) is 0. The predicted octanol–water partition coefficient (Wildman–Crippen LogP) is 5.07. The average Bonchev–Trinajstić information content (AvgIpc) is 2.65. The molecule has 0 aliphatic carbocycles. The Labute approximate surface area is 145 Å². The van der Waals surface area contributed by atoms with Crippen LogP contribution in [-0.4, -0.2) is 16.2 Å². The quantitative estimate of drug-likeness (QED) is 0.571. The number of benzene rings is 3. The standard InChI is InChI=1S/C21H16N2O2/c24-21(25)23(20-10-4-7-16-13-22-12-11-19(16)20)14-17-8-3-6-15-5-1-2-9-18(15)17/h1-13H,14H2,(H,24,25). The van der Waals surface area contributed by atoms with Gasteiger partial charge in [-0.05, 0) is 28.5 Å². The van der Waals surface area contributed by atoms with E-state index in [9.17, 15) is 9.90 Å². The van der Waals surface area contributed by atoms with Crippen LogP contribution in [0.1, 0.15) is 5.56 Å². The van der Waals surface area contributed by atoms with Crippen molar-refractivity contribution in [3.05, 3.63) is 84.7 Å². The maximum atomic E-state index is 12.0. The van der Waals surface area contributed by atoms with Crippen molar-refractivity contribution in [1.82, 2.24) is 4.98 Å². The van der Waals surface area contributed by atoms with Gasteiger partial charge in [-0.25, -0.2) is 4.79 Å². The van der Waals surface area contributed by atoms with Crippen LogP contribution in [0.15, 0.2) is 79.1 Å². The summed E-state index contributed by atoms with van der Waals surface area (Å²) in [6.07, 6.45) is 2.46. The van der Waals surface area contributed by atoms with Gasteiger partial charge in [0.1, 0.15) is 0 Å². The van der Waals surface area contributed by atoms with Gasteiger partial charge in [-0.1, -0.05) is 54.6 Å². The number of pyridine rings is 1. The normalized spacial score (nSPS) is 10.9. The van der Waals surface area contributed by atoms with E-state index in [0.717, 1.165) is 27.1 Å². The highest BCUT2D eigenvalue weighted by atomic mass is 16.4. The molecule has 0 atom stereocenters. The highest BCUT2D eigenvalue weighted by Gasteiger charge is 2.18. The van der Waals surface area contributed by atoms with Gasteiger partial charge >= 0.3 is 6.09 Å². The van der Waals surface area contributed by atoms with Gasteiger partial charge in [0.05, 0.1) is 12.2 Å². The van der Waals surface area contributed by atoms with Crippen LogP contribution in [0.4, 0.5) is 10.5 Å². The van der Waals surface area contributed by atoms with Crippen molar-refractivity contribution in [3.63, 3.8) is 0 Å². The molecule has 1 aromatic heterocycles. The molecule has 0 saturated heterocycles. The zero-order valence-electron chi connectivity index (χ0n) is 13.5. The number of hydrogen-bond donors (Lipinski definition) is 1. The minimum atomic E-state index is -0.975. The van der Waals surface area contributed by atoms with Gasteiger partial charge in [0.2, 0.25) is 0 Å². The Bertz CT molecular complexity index is 1060. The van der Waals surface area contributed by atoms with Crippen molar-refractivity contribution >= 4 is 33.3 Å². The lowest BCUT2D eigenvalue weighted by Gasteiger charge is -2.22. The van der Waals surface area contributed by atoms with E-state index < -0.39 is 6.09 Å². The minimum absolute atomic E-state index is 0.290. The average molecular weight is 328 g/mol. The second kappa shape index (κ2) is 6.24. The fourth-order valence-electron chi connectivity index (χ4n) is 3.20. The van der Waals surface area contributed by atoms with Crippen LogP contribution in [0.3, 0.4) is 0 Å². The molecule has 1 heterocycles. The van der Waals surface area contributed by atoms with Crippen LogP contribution in [-0.2, 0) is 6.54 Å². The summed E-state index contributed by atoms with van der Waals surface area (Å²) in [6.45, 7) is 0.290. The van der Waals surface area contributed by atoms with Gasteiger partial charge in [-0.2, -0.15) is 0 Å². The van der Waals surface area contributed by atoms with Crippen molar-refractivity contribution in [2.45, 2.75) is 6.54 Å². The van der Waals surface area contributed by atoms with Gasteiger partial charge in [-0.3, -0.25) is 9.88 Å². The highest BCUT2D eigenvalue weighted by Crippen LogP contribution is 2.29. The fourth-order valence-corrected chi connectivity index (χ4v) is 3.20. The first-order valence-electron chi connectivity index (χ1n) is 8.04. The first kappa shape index (κ1) is 15.1. The van der Waals surface area contributed by atoms with Gasteiger partial charge in [0, 0.05) is 23.2 Å². The Morgan fingerprint density at radius 2 is 1.64 bits per heavy atom. The summed E-state index contributed by atoms with van der Waals surface area (Å²) in [4.78, 5) is 17.5. The Hall–Kier alpha value is -3.40. The summed E-state index contributed by atoms with van der Waals surface area (Å²) in [5.41, 5.74) is 1.65. The molecule has 122 valence electrons. The second-order valence-electron chi connectivity index (χ2n) is 5.88. The monoisotopic (exact) mass is 328 g/mol. The molecule has 25 heavy (non-hydrogen) atoms. The van der Waals surface area contributed by atoms with Gasteiger partial charge in [0.15, 0.2) is 0 Å². The Balaban J connectivity index is 1.83. The predicted molar refractivity (Wildman–Crippen MR) is 99.9 cm³/mol. The topological polar surface area (TPSA) is 53.4 Å². The van der Waals surface area contributed by atoms with Crippen LogP contribution in [0.5, 0.6) is 0 Å². The minimum Gasteiger partial charge on any atom is -0.465 e. The van der Waals surface area contributed by atoms with Crippen molar-refractivity contribution in [2.24, 2.45) is 0 Å². The molecule has 4 aromatic rings. The van der Waals surface area contributed by atoms with E-state index in [1.54, 1.807) is 12.4 Å². The van der Waals surface area contributed by atoms with E-state index in [2.05, 4.69) is 4.98 Å². The number of fused-ring (bicyclic) bond motifs is 2. The Morgan fingerprint density at radius 1 is 0.880 bits per heavy atom. The maximum absolute atomic E-state index is 12.0. The third-order valence-corrected chi connectivity index (χ3v) is 4.39. The number of carboxylic acid groups (broad SMARTS) is 1. The molecule has 3 aromatic carbocycles. The van der Waals surface area contributed by atoms with Crippen LogP contribution in [0.2, 0.25) is 0 Å². The van der Waals surface area contributed by atoms with E-state index in [1.807, 2.05) is 66.7 Å². The lowest BCUT2D eigenvalue weighted by atomic mass is 10.0. The van der Waals surface area contributed by atoms with Crippen LogP contribution < -0.4 is 4.90 Å². The largest absolute Gasteiger partial charge is 0.465 e. The molecule has 0 bridgehead atoms. The Kier molecular flexibility index (Phi) is 3.78. The van der Waals surface area contributed by atoms with E-state index in [-0.39, 0.29) is 6.54 Å². The molecule has 4 nitrogen and oxygen atoms in total. The van der Waals surface area contributed by atoms with Gasteiger partial charge in [0.25, 0.3) is 0 Å². The summed E-state index contributed by atoms with van der Waals surface area (Å²) in [5.74, 6) is 0. The second-order valence-corrected chi connectivity index (χ2v) is 5.88. The zero-order chi connectivity index (χ0) is 17.2. The first-order chi connectivity index (χ1) is 12.2. The smallest absolute Gasteiger partial charge is 0.412 e. The zero-order valence-corrected chi connectivity index (χ0v) is 13.5. The molecule has 0 aliphatic heterocycles. The van der Waals surface area contributed by atoms with Crippen LogP contribution in [0.25, 0.3) is 21.5 Å². The molecule has 0 saturated carbocycles. The number of carbonyl (C=O) groups is 1. The summed E-state index contributed by atoms with van der Waals surface area (Å²) in [6, 6.07) is 21.5. The molecular weight excluding hydrogens is 312 g/mol. The van der Waals surface area contributed by atoms with E-state index in [4.69, 9.17) is 0 Å². The van der Waals surface area contributed by atoms with Crippen molar-refractivity contribution in [2.75, 3.05) is 4.90 Å². The van der Waals surface area contributed by atoms with Crippen molar-refractivity contribution in [1.29, 1.82) is 0 Å². The summed E-state index contributed by atoms with van der Waals surface area (Å²) >= 11 is 0. The number of hydrogen-bond acceptors (Lipinski definition) is 2. The van der Waals surface area contributed by atoms with Crippen LogP contribution in [0, 0.1) is 0 Å². The van der Waals surface area contributed by atoms with Crippen molar-refractivity contribution < 1.29 is 9.90 Å². The molecular formula is C21H16N2O2. The number of nitrogens with zero attached hydrogens (tertiary/aromatic N) is 2. The number of rotatable bonds is 3. The first-order valence-corrected chi connectivity index (χ1v) is 8.04. The molecule has 0 aliphatic rings. The van der Waals surface area contributed by atoms with E-state index >= 15 is 0 Å². The molecule has 4 rings (SSSR count). The maximum Gasteiger partial charge on any atom is 0.412 e. The molecule has 0 radical (unpaired) electrons. The summed E-state index contributed by atoms with van der Waals surface area (Å²) < 4.78 is 0. The summed E-state index contributed by atoms with van der Waals surface area (Å²) in [5, 5.41) is 13.8. The molecule has 0 spiro atoms. The molecule has 0 fully saturated rings. The van der Waals surface area contributed by atoms with E-state index in [1.165, 1.54) is 4.90 Å². The molecule has 4 heteroatoms. The number of aromatic nitrogens is 1. The third kappa shape index (κ3) is 2.78. The van der Waals surface area contributed by atoms with Crippen LogP contribution >= 0.6 is 0 Å². The third-order valence-electron chi connectivity index (χ3n) is 4.39. The highest BCUT2D eigenvalue weighted by molar-refractivity contribution is 6.01. The SMILES string of the molecule is O=C(O)N(Cc1cccc2ccccc12)c1cccc2cnccc12. The van der Waals surface area contributed by atoms with Gasteiger partial charge in [-0.15, -0.1) is 0 Å². The molecule has 1 N–H and O–H groups in total. The number of amides is 1. The number of anilines is 1. The lowest BCUT2D eigenvalue weighted by Crippen LogP contribution is -2.28. The lowest BCUT2D eigenvalue weighted by molar-refractivity contribution is 0.201. The Morgan fingerprint density at radius 3 is 2.52 bits per heavy atom. The molecule has 1 amide bonds.